The maximum Gasteiger partial charge on any atom is 0.329 e. The maximum absolute atomic E-state index is 11.4. The van der Waals surface area contributed by atoms with Gasteiger partial charge in [-0.15, -0.1) is 0 Å². The molecule has 1 heterocycles. The van der Waals surface area contributed by atoms with Crippen molar-refractivity contribution in [1.29, 1.82) is 0 Å². The monoisotopic (exact) mass is 322 g/mol. The summed E-state index contributed by atoms with van der Waals surface area (Å²) in [6.45, 7) is -0.0451. The lowest BCUT2D eigenvalue weighted by atomic mass is 10.3. The Hall–Kier alpha value is -0.780. The quantitative estimate of drug-likeness (QED) is 0.638. The van der Waals surface area contributed by atoms with Gasteiger partial charge in [-0.2, -0.15) is 0 Å². The summed E-state index contributed by atoms with van der Waals surface area (Å²) in [4.78, 5) is 23.7. The molecule has 0 saturated carbocycles. The number of nitrogens with zero attached hydrogens (tertiary/aromatic N) is 1. The summed E-state index contributed by atoms with van der Waals surface area (Å²) in [7, 11) is 0. The van der Waals surface area contributed by atoms with Crippen molar-refractivity contribution >= 4 is 56.8 Å². The number of urea groups is 1. The smallest absolute Gasteiger partial charge is 0.283 e. The van der Waals surface area contributed by atoms with Crippen LogP contribution in [0, 0.1) is 0 Å². The van der Waals surface area contributed by atoms with Crippen LogP contribution in [0.2, 0.25) is 10.0 Å². The molecular weight excluding hydrogens is 319 g/mol. The molecule has 1 aliphatic heterocycles. The summed E-state index contributed by atoms with van der Waals surface area (Å²) in [6, 6.07) is 2.79. The minimum absolute atomic E-state index is 0.0451. The van der Waals surface area contributed by atoms with Gasteiger partial charge in [-0.1, -0.05) is 23.2 Å². The molecule has 1 aliphatic rings. The molecule has 0 unspecified atom stereocenters. The normalized spacial score (nSPS) is 15.6. The van der Waals surface area contributed by atoms with Crippen LogP contribution in [-0.2, 0) is 4.79 Å². The Labute approximate surface area is 110 Å². The molecule has 16 heavy (non-hydrogen) atoms. The van der Waals surface area contributed by atoms with Crippen LogP contribution < -0.4 is 10.2 Å². The molecule has 1 fully saturated rings. The zero-order chi connectivity index (χ0) is 11.9. The zero-order valence-corrected chi connectivity index (χ0v) is 10.9. The van der Waals surface area contributed by atoms with Crippen LogP contribution in [0.5, 0.6) is 0 Å². The molecule has 0 radical (unpaired) electrons. The standard InChI is InChI=1S/C9H5BrCl2N2O2/c10-4-1-2-5(8(12)7(4)11)14-3-6(15)13-9(14)16/h1-2H,3H2,(H,13,15,16). The molecule has 0 atom stereocenters. The van der Waals surface area contributed by atoms with Crippen molar-refractivity contribution in [2.45, 2.75) is 0 Å². The summed E-state index contributed by atoms with van der Waals surface area (Å²) in [5, 5.41) is 2.71. The molecule has 0 aromatic heterocycles. The number of carbonyl (C=O) groups excluding carboxylic acids is 2. The van der Waals surface area contributed by atoms with Gasteiger partial charge in [0.2, 0.25) is 5.91 Å². The van der Waals surface area contributed by atoms with E-state index in [0.29, 0.717) is 15.2 Å². The molecular formula is C9H5BrCl2N2O2. The highest BCUT2D eigenvalue weighted by atomic mass is 79.9. The molecule has 1 aromatic carbocycles. The fraction of sp³-hybridized carbons (Fsp3) is 0.111. The van der Waals surface area contributed by atoms with Gasteiger partial charge in [0.1, 0.15) is 6.54 Å². The number of carbonyl (C=O) groups is 2. The molecule has 0 bridgehead atoms. The predicted molar refractivity (Wildman–Crippen MR) is 65.0 cm³/mol. The third-order valence-electron chi connectivity index (χ3n) is 2.10. The van der Waals surface area contributed by atoms with Crippen molar-refractivity contribution in [2.75, 3.05) is 11.4 Å². The van der Waals surface area contributed by atoms with Gasteiger partial charge in [0.25, 0.3) is 0 Å². The Morgan fingerprint density at radius 2 is 1.94 bits per heavy atom. The Morgan fingerprint density at radius 3 is 2.50 bits per heavy atom. The highest BCUT2D eigenvalue weighted by Crippen LogP contribution is 2.38. The minimum atomic E-state index is -0.495. The number of amides is 3. The third kappa shape index (κ3) is 1.90. The molecule has 3 amide bonds. The summed E-state index contributed by atoms with van der Waals surface area (Å²) >= 11 is 15.1. The van der Waals surface area contributed by atoms with E-state index < -0.39 is 6.03 Å². The topological polar surface area (TPSA) is 49.4 Å². The molecule has 1 N–H and O–H groups in total. The van der Waals surface area contributed by atoms with Crippen molar-refractivity contribution in [3.05, 3.63) is 26.7 Å². The summed E-state index contributed by atoms with van der Waals surface area (Å²) < 4.78 is 0.633. The van der Waals surface area contributed by atoms with Crippen molar-refractivity contribution in [1.82, 2.24) is 5.32 Å². The predicted octanol–water partition coefficient (Wildman–Crippen LogP) is 2.81. The van der Waals surface area contributed by atoms with Crippen LogP contribution in [0.3, 0.4) is 0 Å². The van der Waals surface area contributed by atoms with Crippen molar-refractivity contribution in [3.63, 3.8) is 0 Å². The average molecular weight is 324 g/mol. The van der Waals surface area contributed by atoms with Crippen LogP contribution in [0.1, 0.15) is 0 Å². The van der Waals surface area contributed by atoms with Crippen LogP contribution in [0.4, 0.5) is 10.5 Å². The molecule has 0 spiro atoms. The van der Waals surface area contributed by atoms with E-state index in [-0.39, 0.29) is 17.5 Å². The Balaban J connectivity index is 2.45. The average Bonchev–Trinajstić information content (AvgIpc) is 2.55. The second-order valence-electron chi connectivity index (χ2n) is 3.13. The lowest BCUT2D eigenvalue weighted by molar-refractivity contribution is -0.117. The Morgan fingerprint density at radius 1 is 1.25 bits per heavy atom. The fourth-order valence-electron chi connectivity index (χ4n) is 1.36. The number of nitrogens with one attached hydrogen (secondary N) is 1. The fourth-order valence-corrected chi connectivity index (χ4v) is 2.23. The molecule has 4 nitrogen and oxygen atoms in total. The van der Waals surface area contributed by atoms with Crippen molar-refractivity contribution in [2.24, 2.45) is 0 Å². The van der Waals surface area contributed by atoms with Crippen LogP contribution in [0.25, 0.3) is 0 Å². The van der Waals surface area contributed by atoms with E-state index in [2.05, 4.69) is 21.2 Å². The number of anilines is 1. The first-order chi connectivity index (χ1) is 7.50. The van der Waals surface area contributed by atoms with E-state index in [1.807, 2.05) is 0 Å². The first-order valence-electron chi connectivity index (χ1n) is 4.25. The highest BCUT2D eigenvalue weighted by Gasteiger charge is 2.30. The highest BCUT2D eigenvalue weighted by molar-refractivity contribution is 9.10. The van der Waals surface area contributed by atoms with Gasteiger partial charge in [-0.25, -0.2) is 4.79 Å². The van der Waals surface area contributed by atoms with E-state index in [1.54, 1.807) is 12.1 Å². The van der Waals surface area contributed by atoms with Gasteiger partial charge in [-0.05, 0) is 28.1 Å². The number of rotatable bonds is 1. The SMILES string of the molecule is O=C1CN(c2ccc(Br)c(Cl)c2Cl)C(=O)N1. The Bertz CT molecular complexity index is 493. The van der Waals surface area contributed by atoms with E-state index in [1.165, 1.54) is 4.90 Å². The largest absolute Gasteiger partial charge is 0.329 e. The molecule has 0 aliphatic carbocycles. The second kappa shape index (κ2) is 4.24. The van der Waals surface area contributed by atoms with E-state index in [0.717, 1.165) is 0 Å². The van der Waals surface area contributed by atoms with E-state index in [9.17, 15) is 9.59 Å². The van der Waals surface area contributed by atoms with Crippen LogP contribution in [0.15, 0.2) is 16.6 Å². The van der Waals surface area contributed by atoms with Gasteiger partial charge in [0.15, 0.2) is 0 Å². The van der Waals surface area contributed by atoms with Crippen molar-refractivity contribution < 1.29 is 9.59 Å². The minimum Gasteiger partial charge on any atom is -0.283 e. The molecule has 2 rings (SSSR count). The third-order valence-corrected chi connectivity index (χ3v) is 3.86. The summed E-state index contributed by atoms with van der Waals surface area (Å²) in [5.41, 5.74) is 0.415. The lowest BCUT2D eigenvalue weighted by Crippen LogP contribution is -2.28. The van der Waals surface area contributed by atoms with Crippen LogP contribution >= 0.6 is 39.1 Å². The maximum atomic E-state index is 11.4. The van der Waals surface area contributed by atoms with Gasteiger partial charge in [-0.3, -0.25) is 15.0 Å². The lowest BCUT2D eigenvalue weighted by Gasteiger charge is -2.16. The molecule has 1 saturated heterocycles. The zero-order valence-electron chi connectivity index (χ0n) is 7.76. The number of benzene rings is 1. The van der Waals surface area contributed by atoms with E-state index in [4.69, 9.17) is 23.2 Å². The number of hydrogen-bond donors (Lipinski definition) is 1. The van der Waals surface area contributed by atoms with Gasteiger partial charge >= 0.3 is 6.03 Å². The first-order valence-corrected chi connectivity index (χ1v) is 5.80. The molecule has 7 heteroatoms. The van der Waals surface area contributed by atoms with Crippen LogP contribution in [-0.4, -0.2) is 18.5 Å². The van der Waals surface area contributed by atoms with Gasteiger partial charge < -0.3 is 0 Å². The Kier molecular flexibility index (Phi) is 3.10. The number of imide groups is 1. The van der Waals surface area contributed by atoms with Gasteiger partial charge in [0.05, 0.1) is 15.7 Å². The second-order valence-corrected chi connectivity index (χ2v) is 4.74. The van der Waals surface area contributed by atoms with Gasteiger partial charge in [0, 0.05) is 4.47 Å². The van der Waals surface area contributed by atoms with Crippen molar-refractivity contribution in [3.8, 4) is 0 Å². The number of halogens is 3. The van der Waals surface area contributed by atoms with E-state index >= 15 is 0 Å². The first kappa shape index (κ1) is 11.7. The summed E-state index contributed by atoms with van der Waals surface area (Å²) in [5.74, 6) is -0.361. The molecule has 84 valence electrons. The number of hydrogen-bond acceptors (Lipinski definition) is 2. The summed E-state index contributed by atoms with van der Waals surface area (Å²) in [6.07, 6.45) is 0. The molecule has 1 aromatic rings.